The van der Waals surface area contributed by atoms with E-state index in [4.69, 9.17) is 5.84 Å². The van der Waals surface area contributed by atoms with Crippen molar-refractivity contribution >= 4 is 15.8 Å². The lowest BCUT2D eigenvalue weighted by molar-refractivity contribution is 0.271. The van der Waals surface area contributed by atoms with Gasteiger partial charge < -0.3 is 10.3 Å². The lowest BCUT2D eigenvalue weighted by Gasteiger charge is -2.20. The number of aromatic nitrogens is 1. The fourth-order valence-corrected chi connectivity index (χ4v) is 2.78. The molecule has 7 nitrogen and oxygen atoms in total. The van der Waals surface area contributed by atoms with Crippen molar-refractivity contribution in [2.75, 3.05) is 25.6 Å². The number of hydrazine groups is 1. The first kappa shape index (κ1) is 16.8. The Kier molecular flexibility index (Phi) is 6.34. The molecular weight excluding hydrogens is 278 g/mol. The van der Waals surface area contributed by atoms with Crippen molar-refractivity contribution in [3.63, 3.8) is 0 Å². The predicted octanol–water partition coefficient (Wildman–Crippen LogP) is 0.376. The predicted molar refractivity (Wildman–Crippen MR) is 79.6 cm³/mol. The molecule has 0 radical (unpaired) electrons. The first-order chi connectivity index (χ1) is 9.38. The lowest BCUT2D eigenvalue weighted by Crippen LogP contribution is -2.31. The number of anilines is 1. The van der Waals surface area contributed by atoms with E-state index in [1.54, 1.807) is 6.07 Å². The van der Waals surface area contributed by atoms with Gasteiger partial charge in [-0.25, -0.2) is 24.0 Å². The molecule has 0 aliphatic rings. The summed E-state index contributed by atoms with van der Waals surface area (Å²) in [5, 5.41) is 0. The molecule has 1 aromatic heterocycles. The summed E-state index contributed by atoms with van der Waals surface area (Å²) in [4.78, 5) is 6.09. The van der Waals surface area contributed by atoms with Crippen LogP contribution in [0.2, 0.25) is 0 Å². The van der Waals surface area contributed by atoms with Crippen LogP contribution in [-0.4, -0.2) is 44.5 Å². The Hall–Kier alpha value is -1.22. The number of pyridine rings is 1. The van der Waals surface area contributed by atoms with E-state index in [-0.39, 0.29) is 10.7 Å². The zero-order valence-corrected chi connectivity index (χ0v) is 12.9. The summed E-state index contributed by atoms with van der Waals surface area (Å²) in [7, 11) is -1.58. The van der Waals surface area contributed by atoms with Crippen molar-refractivity contribution in [1.82, 2.24) is 14.6 Å². The van der Waals surface area contributed by atoms with Crippen LogP contribution in [0.5, 0.6) is 0 Å². The van der Waals surface area contributed by atoms with E-state index in [0.29, 0.717) is 12.6 Å². The van der Waals surface area contributed by atoms with Crippen LogP contribution in [0.3, 0.4) is 0 Å². The Bertz CT molecular complexity index is 518. The van der Waals surface area contributed by atoms with Gasteiger partial charge in [-0.15, -0.1) is 0 Å². The molecule has 0 amide bonds. The minimum Gasteiger partial charge on any atom is -0.307 e. The van der Waals surface area contributed by atoms with E-state index in [0.717, 1.165) is 13.0 Å². The van der Waals surface area contributed by atoms with Gasteiger partial charge >= 0.3 is 0 Å². The minimum atomic E-state index is -3.59. The molecule has 0 atom stereocenters. The molecule has 0 aliphatic heterocycles. The molecule has 114 valence electrons. The first-order valence-corrected chi connectivity index (χ1v) is 7.98. The zero-order chi connectivity index (χ0) is 15.2. The average Bonchev–Trinajstić information content (AvgIpc) is 2.43. The van der Waals surface area contributed by atoms with Gasteiger partial charge in [-0.05, 0) is 46.0 Å². The van der Waals surface area contributed by atoms with Gasteiger partial charge in [-0.2, -0.15) is 0 Å². The number of rotatable bonds is 8. The fourth-order valence-electron chi connectivity index (χ4n) is 1.59. The van der Waals surface area contributed by atoms with Crippen molar-refractivity contribution in [2.45, 2.75) is 31.2 Å². The third-order valence-electron chi connectivity index (χ3n) is 3.06. The molecular formula is C12H23N5O2S. The van der Waals surface area contributed by atoms with Gasteiger partial charge in [0.05, 0.1) is 0 Å². The maximum Gasteiger partial charge on any atom is 0.244 e. The van der Waals surface area contributed by atoms with E-state index < -0.39 is 10.0 Å². The summed E-state index contributed by atoms with van der Waals surface area (Å²) in [6.07, 6.45) is 2.21. The summed E-state index contributed by atoms with van der Waals surface area (Å²) in [6, 6.07) is 3.46. The summed E-state index contributed by atoms with van der Waals surface area (Å²) >= 11 is 0. The zero-order valence-electron chi connectivity index (χ0n) is 12.1. The Morgan fingerprint density at radius 2 is 2.15 bits per heavy atom. The standard InChI is InChI=1S/C12H23N5O2S/c1-10(2)17(3)9-5-8-15-20(18,19)11-6-4-7-14-12(11)16-13/h4,6-7,10,15H,5,8-9,13H2,1-3H3,(H,14,16). The van der Waals surface area contributed by atoms with Crippen LogP contribution in [0.1, 0.15) is 20.3 Å². The van der Waals surface area contributed by atoms with Gasteiger partial charge in [0.15, 0.2) is 5.82 Å². The molecule has 0 unspecified atom stereocenters. The highest BCUT2D eigenvalue weighted by Gasteiger charge is 2.18. The number of hydrogen-bond acceptors (Lipinski definition) is 6. The molecule has 0 spiro atoms. The van der Waals surface area contributed by atoms with E-state index in [9.17, 15) is 8.42 Å². The summed E-state index contributed by atoms with van der Waals surface area (Å²) < 4.78 is 26.8. The topological polar surface area (TPSA) is 100 Å². The number of nitrogens with one attached hydrogen (secondary N) is 2. The monoisotopic (exact) mass is 301 g/mol. The lowest BCUT2D eigenvalue weighted by atomic mass is 10.3. The molecule has 0 aliphatic carbocycles. The quantitative estimate of drug-likeness (QED) is 0.364. The number of hydrogen-bond donors (Lipinski definition) is 3. The van der Waals surface area contributed by atoms with Crippen molar-refractivity contribution < 1.29 is 8.42 Å². The van der Waals surface area contributed by atoms with Gasteiger partial charge in [0.25, 0.3) is 0 Å². The number of nitrogens with two attached hydrogens (primary N) is 1. The van der Waals surface area contributed by atoms with Crippen LogP contribution < -0.4 is 16.0 Å². The molecule has 0 saturated carbocycles. The molecule has 0 saturated heterocycles. The second kappa shape index (κ2) is 7.53. The summed E-state index contributed by atoms with van der Waals surface area (Å²) in [5.41, 5.74) is 2.29. The highest BCUT2D eigenvalue weighted by Crippen LogP contribution is 2.16. The third kappa shape index (κ3) is 4.71. The van der Waals surface area contributed by atoms with E-state index in [1.807, 2.05) is 7.05 Å². The number of nitrogens with zero attached hydrogens (tertiary/aromatic N) is 2. The van der Waals surface area contributed by atoms with Crippen molar-refractivity contribution in [1.29, 1.82) is 0 Å². The van der Waals surface area contributed by atoms with Crippen molar-refractivity contribution in [3.05, 3.63) is 18.3 Å². The van der Waals surface area contributed by atoms with Crippen LogP contribution in [0.4, 0.5) is 5.82 Å². The first-order valence-electron chi connectivity index (χ1n) is 6.50. The van der Waals surface area contributed by atoms with E-state index in [1.165, 1.54) is 12.3 Å². The molecule has 1 heterocycles. The molecule has 8 heteroatoms. The van der Waals surface area contributed by atoms with Crippen molar-refractivity contribution in [2.24, 2.45) is 5.84 Å². The van der Waals surface area contributed by atoms with Crippen LogP contribution in [0.15, 0.2) is 23.2 Å². The van der Waals surface area contributed by atoms with Gasteiger partial charge in [0.2, 0.25) is 10.0 Å². The molecule has 1 rings (SSSR count). The summed E-state index contributed by atoms with van der Waals surface area (Å²) in [5.74, 6) is 5.40. The van der Waals surface area contributed by atoms with Gasteiger partial charge in [0, 0.05) is 18.8 Å². The largest absolute Gasteiger partial charge is 0.307 e. The van der Waals surface area contributed by atoms with E-state index in [2.05, 4.69) is 33.9 Å². The van der Waals surface area contributed by atoms with Crippen LogP contribution in [0.25, 0.3) is 0 Å². The Balaban J connectivity index is 2.58. The summed E-state index contributed by atoms with van der Waals surface area (Å²) in [6.45, 7) is 5.39. The SMILES string of the molecule is CC(C)N(C)CCCNS(=O)(=O)c1cccnc1NN. The fraction of sp³-hybridized carbons (Fsp3) is 0.583. The van der Waals surface area contributed by atoms with Crippen LogP contribution in [0, 0.1) is 0 Å². The van der Waals surface area contributed by atoms with Gasteiger partial charge in [0.1, 0.15) is 4.90 Å². The second-order valence-corrected chi connectivity index (χ2v) is 6.56. The maximum atomic E-state index is 12.1. The Labute approximate surface area is 120 Å². The number of sulfonamides is 1. The molecule has 4 N–H and O–H groups in total. The van der Waals surface area contributed by atoms with Crippen molar-refractivity contribution in [3.8, 4) is 0 Å². The van der Waals surface area contributed by atoms with Crippen LogP contribution in [-0.2, 0) is 10.0 Å². The maximum absolute atomic E-state index is 12.1. The second-order valence-electron chi connectivity index (χ2n) is 4.82. The Morgan fingerprint density at radius 3 is 2.75 bits per heavy atom. The highest BCUT2D eigenvalue weighted by molar-refractivity contribution is 7.89. The molecule has 0 fully saturated rings. The molecule has 20 heavy (non-hydrogen) atoms. The van der Waals surface area contributed by atoms with Gasteiger partial charge in [-0.3, -0.25) is 0 Å². The van der Waals surface area contributed by atoms with Gasteiger partial charge in [-0.1, -0.05) is 0 Å². The molecule has 0 aromatic carbocycles. The Morgan fingerprint density at radius 1 is 1.45 bits per heavy atom. The minimum absolute atomic E-state index is 0.0553. The highest BCUT2D eigenvalue weighted by atomic mass is 32.2. The van der Waals surface area contributed by atoms with E-state index >= 15 is 0 Å². The normalized spacial score (nSPS) is 12.1. The van der Waals surface area contributed by atoms with Crippen LogP contribution >= 0.6 is 0 Å². The smallest absolute Gasteiger partial charge is 0.244 e. The molecule has 0 bridgehead atoms. The average molecular weight is 301 g/mol. The third-order valence-corrected chi connectivity index (χ3v) is 4.55. The number of nitrogen functional groups attached to an aromatic ring is 1. The molecule has 1 aromatic rings.